The molecule has 0 saturated carbocycles. The monoisotopic (exact) mass is 269 g/mol. The fraction of sp³-hybridized carbons (Fsp3) is 0.250. The van der Waals surface area contributed by atoms with E-state index >= 15 is 0 Å². The van der Waals surface area contributed by atoms with Crippen molar-refractivity contribution in [3.05, 3.63) is 47.8 Å². The Morgan fingerprint density at radius 2 is 1.95 bits per heavy atom. The summed E-state index contributed by atoms with van der Waals surface area (Å²) in [4.78, 5) is 8.25. The minimum absolute atomic E-state index is 0.195. The van der Waals surface area contributed by atoms with Gasteiger partial charge in [-0.3, -0.25) is 0 Å². The van der Waals surface area contributed by atoms with Gasteiger partial charge in [0.1, 0.15) is 17.9 Å². The Labute approximate surface area is 119 Å². The molecule has 1 heterocycles. The van der Waals surface area contributed by atoms with Gasteiger partial charge >= 0.3 is 0 Å². The first kappa shape index (κ1) is 14.1. The van der Waals surface area contributed by atoms with Gasteiger partial charge in [0.25, 0.3) is 0 Å². The van der Waals surface area contributed by atoms with E-state index in [1.54, 1.807) is 0 Å². The van der Waals surface area contributed by atoms with Crippen LogP contribution >= 0.6 is 0 Å². The lowest BCUT2D eigenvalue weighted by atomic mass is 10.1. The molecular formula is C16H19N3O. The molecule has 0 fully saturated rings. The van der Waals surface area contributed by atoms with Crippen molar-refractivity contribution in [2.75, 3.05) is 5.73 Å². The van der Waals surface area contributed by atoms with Crippen LogP contribution in [0.3, 0.4) is 0 Å². The van der Waals surface area contributed by atoms with Gasteiger partial charge in [-0.25, -0.2) is 9.97 Å². The van der Waals surface area contributed by atoms with Crippen LogP contribution in [0.1, 0.15) is 37.8 Å². The van der Waals surface area contributed by atoms with E-state index in [1.807, 2.05) is 57.2 Å². The number of nitrogen functional groups attached to an aromatic ring is 1. The van der Waals surface area contributed by atoms with Gasteiger partial charge in [-0.1, -0.05) is 44.2 Å². The van der Waals surface area contributed by atoms with Crippen molar-refractivity contribution in [2.45, 2.75) is 26.7 Å². The molecule has 0 radical (unpaired) electrons. The topological polar surface area (TPSA) is 61.0 Å². The fourth-order valence-corrected chi connectivity index (χ4v) is 2.01. The van der Waals surface area contributed by atoms with E-state index in [2.05, 4.69) is 9.97 Å². The first-order chi connectivity index (χ1) is 9.63. The largest absolute Gasteiger partial charge is 0.438 e. The number of anilines is 1. The van der Waals surface area contributed by atoms with Gasteiger partial charge in [-0.2, -0.15) is 0 Å². The highest BCUT2D eigenvalue weighted by Gasteiger charge is 2.15. The van der Waals surface area contributed by atoms with Crippen LogP contribution in [0.5, 0.6) is 11.6 Å². The van der Waals surface area contributed by atoms with Crippen molar-refractivity contribution in [1.82, 2.24) is 9.97 Å². The molecule has 1 aromatic heterocycles. The zero-order valence-electron chi connectivity index (χ0n) is 12.0. The fourth-order valence-electron chi connectivity index (χ4n) is 2.01. The summed E-state index contributed by atoms with van der Waals surface area (Å²) < 4.78 is 5.95. The van der Waals surface area contributed by atoms with Crippen LogP contribution in [0.4, 0.5) is 5.82 Å². The quantitative estimate of drug-likeness (QED) is 0.911. The first-order valence-electron chi connectivity index (χ1n) is 6.63. The molecule has 0 aliphatic rings. The summed E-state index contributed by atoms with van der Waals surface area (Å²) in [5.41, 5.74) is 7.77. The molecule has 0 saturated heterocycles. The number of nitrogens with zero attached hydrogens (tertiary/aromatic N) is 2. The molecule has 20 heavy (non-hydrogen) atoms. The maximum atomic E-state index is 5.95. The van der Waals surface area contributed by atoms with Gasteiger partial charge in [0.2, 0.25) is 5.88 Å². The number of hydrogen-bond acceptors (Lipinski definition) is 4. The van der Waals surface area contributed by atoms with E-state index < -0.39 is 0 Å². The van der Waals surface area contributed by atoms with Crippen LogP contribution in [-0.2, 0) is 0 Å². The smallest absolute Gasteiger partial charge is 0.227 e. The maximum Gasteiger partial charge on any atom is 0.227 e. The predicted octanol–water partition coefficient (Wildman–Crippen LogP) is 4.01. The number of nitrogens with two attached hydrogens (primary N) is 1. The molecule has 2 rings (SSSR count). The predicted molar refractivity (Wildman–Crippen MR) is 81.8 cm³/mol. The standard InChI is InChI=1S/C16H19N3O/c1-4-7-12-8-5-6-9-13(12)20-16-14(11(2)3)15(17)18-10-19-16/h4-11H,1-3H3,(H2,17,18,19)/b7-4+. The lowest BCUT2D eigenvalue weighted by Crippen LogP contribution is -2.04. The van der Waals surface area contributed by atoms with Crippen molar-refractivity contribution in [2.24, 2.45) is 0 Å². The van der Waals surface area contributed by atoms with Crippen LogP contribution in [0, 0.1) is 0 Å². The molecule has 0 atom stereocenters. The maximum absolute atomic E-state index is 5.95. The molecule has 0 aliphatic heterocycles. The average molecular weight is 269 g/mol. The molecule has 0 aliphatic carbocycles. The van der Waals surface area contributed by atoms with Crippen molar-refractivity contribution in [1.29, 1.82) is 0 Å². The van der Waals surface area contributed by atoms with Crippen molar-refractivity contribution >= 4 is 11.9 Å². The Bertz CT molecular complexity index is 621. The van der Waals surface area contributed by atoms with Crippen molar-refractivity contribution < 1.29 is 4.74 Å². The number of hydrogen-bond donors (Lipinski definition) is 1. The third-order valence-corrected chi connectivity index (χ3v) is 2.93. The third kappa shape index (κ3) is 2.96. The molecule has 0 spiro atoms. The zero-order valence-corrected chi connectivity index (χ0v) is 12.0. The van der Waals surface area contributed by atoms with E-state index in [9.17, 15) is 0 Å². The van der Waals surface area contributed by atoms with Gasteiger partial charge in [0, 0.05) is 5.56 Å². The van der Waals surface area contributed by atoms with E-state index in [1.165, 1.54) is 6.33 Å². The molecule has 2 aromatic rings. The number of allylic oxidation sites excluding steroid dienone is 1. The van der Waals surface area contributed by atoms with Crippen molar-refractivity contribution in [3.8, 4) is 11.6 Å². The minimum Gasteiger partial charge on any atom is -0.438 e. The Hall–Kier alpha value is -2.36. The SMILES string of the molecule is C/C=C/c1ccccc1Oc1ncnc(N)c1C(C)C. The van der Waals surface area contributed by atoms with Crippen LogP contribution in [0.25, 0.3) is 6.08 Å². The molecule has 0 amide bonds. The summed E-state index contributed by atoms with van der Waals surface area (Å²) in [6.07, 6.45) is 5.39. The Morgan fingerprint density at radius 1 is 1.20 bits per heavy atom. The number of aromatic nitrogens is 2. The summed E-state index contributed by atoms with van der Waals surface area (Å²) in [5, 5.41) is 0. The second-order valence-corrected chi connectivity index (χ2v) is 4.77. The highest BCUT2D eigenvalue weighted by molar-refractivity contribution is 5.58. The van der Waals surface area contributed by atoms with Crippen LogP contribution < -0.4 is 10.5 Å². The Kier molecular flexibility index (Phi) is 4.35. The molecule has 4 nitrogen and oxygen atoms in total. The number of rotatable bonds is 4. The highest BCUT2D eigenvalue weighted by Crippen LogP contribution is 2.33. The molecule has 1 aromatic carbocycles. The Morgan fingerprint density at radius 3 is 2.65 bits per heavy atom. The van der Waals surface area contributed by atoms with Gasteiger partial charge < -0.3 is 10.5 Å². The van der Waals surface area contributed by atoms with Crippen LogP contribution in [-0.4, -0.2) is 9.97 Å². The van der Waals surface area contributed by atoms with E-state index in [4.69, 9.17) is 10.5 Å². The third-order valence-electron chi connectivity index (χ3n) is 2.93. The van der Waals surface area contributed by atoms with Crippen LogP contribution in [0.15, 0.2) is 36.7 Å². The summed E-state index contributed by atoms with van der Waals surface area (Å²) in [7, 11) is 0. The number of para-hydroxylation sites is 1. The summed E-state index contributed by atoms with van der Waals surface area (Å²) >= 11 is 0. The van der Waals surface area contributed by atoms with Crippen molar-refractivity contribution in [3.63, 3.8) is 0 Å². The van der Waals surface area contributed by atoms with Gasteiger partial charge in [-0.05, 0) is 18.9 Å². The number of benzene rings is 1. The minimum atomic E-state index is 0.195. The first-order valence-corrected chi connectivity index (χ1v) is 6.63. The molecule has 104 valence electrons. The van der Waals surface area contributed by atoms with Gasteiger partial charge in [-0.15, -0.1) is 0 Å². The van der Waals surface area contributed by atoms with E-state index in [0.717, 1.165) is 16.9 Å². The zero-order chi connectivity index (χ0) is 14.5. The summed E-state index contributed by atoms with van der Waals surface area (Å²) in [6.45, 7) is 6.05. The molecular weight excluding hydrogens is 250 g/mol. The van der Waals surface area contributed by atoms with E-state index in [0.29, 0.717) is 11.7 Å². The molecule has 4 heteroatoms. The molecule has 0 bridgehead atoms. The lowest BCUT2D eigenvalue weighted by Gasteiger charge is -2.15. The van der Waals surface area contributed by atoms with Crippen LogP contribution in [0.2, 0.25) is 0 Å². The number of ether oxygens (including phenoxy) is 1. The van der Waals surface area contributed by atoms with E-state index in [-0.39, 0.29) is 5.92 Å². The molecule has 0 unspecified atom stereocenters. The second kappa shape index (κ2) is 6.19. The average Bonchev–Trinajstić information content (AvgIpc) is 2.41. The van der Waals surface area contributed by atoms with Gasteiger partial charge in [0.15, 0.2) is 0 Å². The second-order valence-electron chi connectivity index (χ2n) is 4.77. The van der Waals surface area contributed by atoms with Gasteiger partial charge in [0.05, 0.1) is 5.56 Å². The summed E-state index contributed by atoms with van der Waals surface area (Å²) in [5.74, 6) is 1.93. The summed E-state index contributed by atoms with van der Waals surface area (Å²) in [6, 6.07) is 7.81. The normalized spacial score (nSPS) is 11.2. The molecule has 2 N–H and O–H groups in total. The highest BCUT2D eigenvalue weighted by atomic mass is 16.5. The Balaban J connectivity index is 2.43. The lowest BCUT2D eigenvalue weighted by molar-refractivity contribution is 0.451.